The van der Waals surface area contributed by atoms with Gasteiger partial charge in [-0.15, -0.1) is 0 Å². The van der Waals surface area contributed by atoms with Crippen molar-refractivity contribution in [3.05, 3.63) is 11.9 Å². The molecule has 2 fully saturated rings. The fraction of sp³-hybridized carbons (Fsp3) is 0.750. The maximum Gasteiger partial charge on any atom is 0.134 e. The average molecular weight is 289 g/mol. The van der Waals surface area contributed by atoms with E-state index in [1.165, 1.54) is 45.3 Å². The van der Waals surface area contributed by atoms with E-state index in [1.54, 1.807) is 0 Å². The second-order valence-electron chi connectivity index (χ2n) is 6.35. The van der Waals surface area contributed by atoms with Crippen LogP contribution in [-0.2, 0) is 0 Å². The Balaban J connectivity index is 1.56. The molecule has 0 radical (unpaired) electrons. The van der Waals surface area contributed by atoms with Gasteiger partial charge in [0.25, 0.3) is 0 Å². The first kappa shape index (κ1) is 14.6. The molecule has 2 aliphatic heterocycles. The van der Waals surface area contributed by atoms with Gasteiger partial charge in [0.05, 0.1) is 0 Å². The number of nitrogens with one attached hydrogen (secondary N) is 1. The van der Waals surface area contributed by atoms with E-state index in [-0.39, 0.29) is 0 Å². The van der Waals surface area contributed by atoms with E-state index in [0.29, 0.717) is 0 Å². The van der Waals surface area contributed by atoms with Crippen molar-refractivity contribution < 1.29 is 0 Å². The summed E-state index contributed by atoms with van der Waals surface area (Å²) in [4.78, 5) is 14.0. The van der Waals surface area contributed by atoms with Crippen molar-refractivity contribution in [2.45, 2.75) is 32.6 Å². The molecule has 0 spiro atoms. The summed E-state index contributed by atoms with van der Waals surface area (Å²) in [7, 11) is 1.91. The maximum absolute atomic E-state index is 4.60. The van der Waals surface area contributed by atoms with E-state index < -0.39 is 0 Å². The van der Waals surface area contributed by atoms with Gasteiger partial charge in [0.1, 0.15) is 17.5 Å². The zero-order valence-corrected chi connectivity index (χ0v) is 13.3. The Hall–Kier alpha value is -1.36. The molecule has 1 N–H and O–H groups in total. The van der Waals surface area contributed by atoms with Gasteiger partial charge < -0.3 is 15.1 Å². The van der Waals surface area contributed by atoms with E-state index in [0.717, 1.165) is 36.5 Å². The Labute approximate surface area is 127 Å². The van der Waals surface area contributed by atoms with Crippen molar-refractivity contribution in [3.8, 4) is 0 Å². The monoisotopic (exact) mass is 289 g/mol. The second-order valence-corrected chi connectivity index (χ2v) is 6.35. The molecule has 1 aromatic rings. The fourth-order valence-corrected chi connectivity index (χ4v) is 3.52. The molecule has 116 valence electrons. The molecular formula is C16H27N5. The van der Waals surface area contributed by atoms with E-state index in [4.69, 9.17) is 0 Å². The van der Waals surface area contributed by atoms with Crippen molar-refractivity contribution in [3.63, 3.8) is 0 Å². The van der Waals surface area contributed by atoms with Gasteiger partial charge >= 0.3 is 0 Å². The van der Waals surface area contributed by atoms with E-state index in [1.807, 2.05) is 14.0 Å². The molecule has 3 rings (SSSR count). The minimum atomic E-state index is 0.844. The summed E-state index contributed by atoms with van der Waals surface area (Å²) in [5.41, 5.74) is 0. The van der Waals surface area contributed by atoms with Crippen molar-refractivity contribution >= 4 is 11.6 Å². The number of rotatable bonds is 4. The standard InChI is InChI=1S/C16H27N5/c1-13-18-15(17-2)11-16(19-13)21-9-5-14(6-10-21)12-20-7-3-4-8-20/h11,14H,3-10,12H2,1-2H3,(H,17,18,19). The lowest BCUT2D eigenvalue weighted by atomic mass is 9.96. The Morgan fingerprint density at radius 3 is 2.52 bits per heavy atom. The molecule has 0 aliphatic carbocycles. The molecule has 0 unspecified atom stereocenters. The summed E-state index contributed by atoms with van der Waals surface area (Å²) in [5.74, 6) is 3.70. The molecule has 0 aromatic carbocycles. The van der Waals surface area contributed by atoms with Crippen LogP contribution in [0.15, 0.2) is 6.07 Å². The summed E-state index contributed by atoms with van der Waals surface area (Å²) in [6.07, 6.45) is 5.36. The molecule has 0 atom stereocenters. The first-order valence-electron chi connectivity index (χ1n) is 8.25. The maximum atomic E-state index is 4.60. The number of nitrogens with zero attached hydrogens (tertiary/aromatic N) is 4. The number of likely N-dealkylation sites (tertiary alicyclic amines) is 1. The highest BCUT2D eigenvalue weighted by atomic mass is 15.2. The Kier molecular flexibility index (Phi) is 4.58. The lowest BCUT2D eigenvalue weighted by Crippen LogP contribution is -2.38. The van der Waals surface area contributed by atoms with Crippen LogP contribution in [0.2, 0.25) is 0 Å². The minimum Gasteiger partial charge on any atom is -0.373 e. The Bertz CT molecular complexity index is 462. The summed E-state index contributed by atoms with van der Waals surface area (Å²) < 4.78 is 0. The highest BCUT2D eigenvalue weighted by molar-refractivity contribution is 5.49. The molecule has 5 heteroatoms. The molecule has 0 saturated carbocycles. The zero-order valence-electron chi connectivity index (χ0n) is 13.3. The van der Waals surface area contributed by atoms with E-state index in [2.05, 4.69) is 31.2 Å². The lowest BCUT2D eigenvalue weighted by molar-refractivity contribution is 0.249. The van der Waals surface area contributed by atoms with Gasteiger partial charge in [-0.3, -0.25) is 0 Å². The SMILES string of the molecule is CNc1cc(N2CCC(CN3CCCC3)CC2)nc(C)n1. The van der Waals surface area contributed by atoms with Crippen LogP contribution in [0.5, 0.6) is 0 Å². The molecule has 2 saturated heterocycles. The third-order valence-corrected chi connectivity index (χ3v) is 4.73. The quantitative estimate of drug-likeness (QED) is 0.920. The molecule has 0 bridgehead atoms. The second kappa shape index (κ2) is 6.60. The van der Waals surface area contributed by atoms with Gasteiger partial charge in [-0.1, -0.05) is 0 Å². The largest absolute Gasteiger partial charge is 0.373 e. The van der Waals surface area contributed by atoms with Crippen LogP contribution in [0.4, 0.5) is 11.6 Å². The molecule has 5 nitrogen and oxygen atoms in total. The average Bonchev–Trinajstić information content (AvgIpc) is 3.00. The Morgan fingerprint density at radius 1 is 1.14 bits per heavy atom. The van der Waals surface area contributed by atoms with Crippen molar-refractivity contribution in [2.75, 3.05) is 50.0 Å². The predicted octanol–water partition coefficient (Wildman–Crippen LogP) is 2.14. The number of piperidine rings is 1. The zero-order chi connectivity index (χ0) is 14.7. The van der Waals surface area contributed by atoms with Gasteiger partial charge in [-0.25, -0.2) is 9.97 Å². The number of aromatic nitrogens is 2. The molecular weight excluding hydrogens is 262 g/mol. The first-order chi connectivity index (χ1) is 10.2. The van der Waals surface area contributed by atoms with Crippen LogP contribution >= 0.6 is 0 Å². The molecule has 21 heavy (non-hydrogen) atoms. The van der Waals surface area contributed by atoms with Gasteiger partial charge in [-0.05, 0) is 51.6 Å². The highest BCUT2D eigenvalue weighted by Crippen LogP contribution is 2.25. The molecule has 2 aliphatic rings. The van der Waals surface area contributed by atoms with Gasteiger partial charge in [0.15, 0.2) is 0 Å². The van der Waals surface area contributed by atoms with E-state index >= 15 is 0 Å². The van der Waals surface area contributed by atoms with Crippen LogP contribution in [0.1, 0.15) is 31.5 Å². The van der Waals surface area contributed by atoms with Crippen LogP contribution in [0.25, 0.3) is 0 Å². The third kappa shape index (κ3) is 3.64. The van der Waals surface area contributed by atoms with Gasteiger partial charge in [0, 0.05) is 32.7 Å². The fourth-order valence-electron chi connectivity index (χ4n) is 3.52. The summed E-state index contributed by atoms with van der Waals surface area (Å²) in [5, 5.41) is 3.12. The van der Waals surface area contributed by atoms with Crippen LogP contribution in [0.3, 0.4) is 0 Å². The molecule has 3 heterocycles. The van der Waals surface area contributed by atoms with E-state index in [9.17, 15) is 0 Å². The number of hydrogen-bond donors (Lipinski definition) is 1. The van der Waals surface area contributed by atoms with Crippen LogP contribution in [0, 0.1) is 12.8 Å². The number of aryl methyl sites for hydroxylation is 1. The topological polar surface area (TPSA) is 44.3 Å². The third-order valence-electron chi connectivity index (χ3n) is 4.73. The first-order valence-corrected chi connectivity index (χ1v) is 8.25. The highest BCUT2D eigenvalue weighted by Gasteiger charge is 2.23. The van der Waals surface area contributed by atoms with Crippen LogP contribution < -0.4 is 10.2 Å². The molecule has 1 aromatic heterocycles. The van der Waals surface area contributed by atoms with Crippen LogP contribution in [-0.4, -0.2) is 54.6 Å². The smallest absolute Gasteiger partial charge is 0.134 e. The lowest BCUT2D eigenvalue weighted by Gasteiger charge is -2.34. The minimum absolute atomic E-state index is 0.844. The normalized spacial score (nSPS) is 21.0. The summed E-state index contributed by atoms with van der Waals surface area (Å²) in [6.45, 7) is 8.15. The van der Waals surface area contributed by atoms with Crippen molar-refractivity contribution in [1.82, 2.24) is 14.9 Å². The molecule has 0 amide bonds. The van der Waals surface area contributed by atoms with Gasteiger partial charge in [-0.2, -0.15) is 0 Å². The van der Waals surface area contributed by atoms with Crippen molar-refractivity contribution in [2.24, 2.45) is 5.92 Å². The number of anilines is 2. The van der Waals surface area contributed by atoms with Crippen molar-refractivity contribution in [1.29, 1.82) is 0 Å². The van der Waals surface area contributed by atoms with Gasteiger partial charge in [0.2, 0.25) is 0 Å². The predicted molar refractivity (Wildman–Crippen MR) is 86.9 cm³/mol. The summed E-state index contributed by atoms with van der Waals surface area (Å²) in [6, 6.07) is 2.06. The summed E-state index contributed by atoms with van der Waals surface area (Å²) >= 11 is 0. The number of hydrogen-bond acceptors (Lipinski definition) is 5. The Morgan fingerprint density at radius 2 is 1.86 bits per heavy atom.